The van der Waals surface area contributed by atoms with Crippen LogP contribution in [0.5, 0.6) is 0 Å². The number of aromatic nitrogens is 3. The van der Waals surface area contributed by atoms with Crippen molar-refractivity contribution in [2.75, 3.05) is 6.54 Å². The fourth-order valence-corrected chi connectivity index (χ4v) is 1.60. The highest BCUT2D eigenvalue weighted by Gasteiger charge is 2.09. The number of nitrogens with one attached hydrogen (secondary N) is 2. The van der Waals surface area contributed by atoms with E-state index in [0.29, 0.717) is 12.1 Å². The zero-order valence-corrected chi connectivity index (χ0v) is 11.1. The molecule has 0 radical (unpaired) electrons. The fraction of sp³-hybridized carbons (Fsp3) is 0.636. The summed E-state index contributed by atoms with van der Waals surface area (Å²) in [5.41, 5.74) is 0.533. The van der Waals surface area contributed by atoms with E-state index in [1.165, 1.54) is 10.9 Å². The molecule has 1 unspecified atom stereocenters. The Morgan fingerprint density at radius 3 is 2.89 bits per heavy atom. The zero-order chi connectivity index (χ0) is 14.3. The van der Waals surface area contributed by atoms with Crippen molar-refractivity contribution in [3.05, 3.63) is 11.9 Å². The first kappa shape index (κ1) is 15.1. The molecule has 0 aliphatic rings. The highest BCUT2D eigenvalue weighted by Crippen LogP contribution is 1.95. The lowest BCUT2D eigenvalue weighted by Gasteiger charge is -2.11. The van der Waals surface area contributed by atoms with Gasteiger partial charge in [-0.1, -0.05) is 12.1 Å². The van der Waals surface area contributed by atoms with E-state index in [1.54, 1.807) is 0 Å². The van der Waals surface area contributed by atoms with Crippen molar-refractivity contribution in [3.63, 3.8) is 0 Å². The molecule has 1 atom stereocenters. The molecule has 106 valence electrons. The van der Waals surface area contributed by atoms with E-state index >= 15 is 0 Å². The third-order valence-electron chi connectivity index (χ3n) is 2.39. The minimum Gasteiger partial charge on any atom is -0.480 e. The minimum absolute atomic E-state index is 0.0822. The average molecular weight is 269 g/mol. The molecule has 3 N–H and O–H groups in total. The van der Waals surface area contributed by atoms with Crippen molar-refractivity contribution >= 4 is 11.9 Å². The van der Waals surface area contributed by atoms with Crippen LogP contribution in [0.4, 0.5) is 0 Å². The Hall–Kier alpha value is -1.96. The lowest BCUT2D eigenvalue weighted by atomic mass is 10.2. The van der Waals surface area contributed by atoms with E-state index in [-0.39, 0.29) is 25.0 Å². The topological polar surface area (TPSA) is 109 Å². The van der Waals surface area contributed by atoms with E-state index in [9.17, 15) is 9.59 Å². The van der Waals surface area contributed by atoms with E-state index in [2.05, 4.69) is 20.9 Å². The lowest BCUT2D eigenvalue weighted by Crippen LogP contribution is -2.33. The molecule has 0 aliphatic heterocycles. The Bertz CT molecular complexity index is 432. The number of rotatable bonds is 8. The van der Waals surface area contributed by atoms with E-state index in [1.807, 2.05) is 13.8 Å². The van der Waals surface area contributed by atoms with Gasteiger partial charge in [-0.05, 0) is 13.5 Å². The molecule has 19 heavy (non-hydrogen) atoms. The maximum atomic E-state index is 11.6. The number of aliphatic carboxylic acids is 1. The van der Waals surface area contributed by atoms with Crippen LogP contribution in [0.2, 0.25) is 0 Å². The number of amides is 1. The third-order valence-corrected chi connectivity index (χ3v) is 2.39. The molecule has 0 fully saturated rings. The molecular formula is C11H19N5O3. The lowest BCUT2D eigenvalue weighted by molar-refractivity contribution is -0.138. The second kappa shape index (κ2) is 7.47. The second-order valence-electron chi connectivity index (χ2n) is 4.24. The summed E-state index contributed by atoms with van der Waals surface area (Å²) in [6.45, 7) is 4.75. The van der Waals surface area contributed by atoms with Gasteiger partial charge in [-0.25, -0.2) is 4.68 Å². The molecule has 1 aromatic rings. The van der Waals surface area contributed by atoms with Crippen molar-refractivity contribution in [2.45, 2.75) is 39.4 Å². The Balaban J connectivity index is 2.33. The van der Waals surface area contributed by atoms with Crippen LogP contribution in [0, 0.1) is 0 Å². The van der Waals surface area contributed by atoms with E-state index in [0.717, 1.165) is 6.54 Å². The highest BCUT2D eigenvalue weighted by molar-refractivity contribution is 5.76. The van der Waals surface area contributed by atoms with Crippen molar-refractivity contribution in [2.24, 2.45) is 0 Å². The summed E-state index contributed by atoms with van der Waals surface area (Å²) in [6, 6.07) is 0.118. The molecule has 1 heterocycles. The smallest absolute Gasteiger partial charge is 0.325 e. The molecule has 0 saturated heterocycles. The number of hydrogen-bond acceptors (Lipinski definition) is 5. The molecule has 1 rings (SSSR count). The van der Waals surface area contributed by atoms with Gasteiger partial charge in [0, 0.05) is 12.5 Å². The Morgan fingerprint density at radius 1 is 1.53 bits per heavy atom. The molecule has 0 saturated carbocycles. The minimum atomic E-state index is -0.986. The number of carboxylic acid groups (broad SMARTS) is 1. The van der Waals surface area contributed by atoms with Gasteiger partial charge < -0.3 is 15.7 Å². The summed E-state index contributed by atoms with van der Waals surface area (Å²) in [5.74, 6) is -1.07. The molecule has 0 spiro atoms. The van der Waals surface area contributed by atoms with Crippen molar-refractivity contribution < 1.29 is 14.7 Å². The summed E-state index contributed by atoms with van der Waals surface area (Å²) in [7, 11) is 0. The van der Waals surface area contributed by atoms with Crippen LogP contribution in [0.3, 0.4) is 0 Å². The zero-order valence-electron chi connectivity index (χ0n) is 11.1. The maximum Gasteiger partial charge on any atom is 0.325 e. The monoisotopic (exact) mass is 269 g/mol. The van der Waals surface area contributed by atoms with Gasteiger partial charge in [-0.3, -0.25) is 9.59 Å². The standard InChI is InChI=1S/C11H19N5O3/c1-3-12-8(2)4-10(17)13-5-9-6-16(15-14-9)7-11(18)19/h6,8,12H,3-5,7H2,1-2H3,(H,13,17)(H,18,19). The quantitative estimate of drug-likeness (QED) is 0.579. The van der Waals surface area contributed by atoms with E-state index < -0.39 is 5.97 Å². The fourth-order valence-electron chi connectivity index (χ4n) is 1.60. The second-order valence-corrected chi connectivity index (χ2v) is 4.24. The summed E-state index contributed by atoms with van der Waals surface area (Å²) < 4.78 is 1.21. The van der Waals surface area contributed by atoms with Crippen molar-refractivity contribution in [1.29, 1.82) is 0 Å². The molecule has 0 aliphatic carbocycles. The van der Waals surface area contributed by atoms with Crippen LogP contribution in [0.15, 0.2) is 6.20 Å². The summed E-state index contributed by atoms with van der Waals surface area (Å²) in [6.07, 6.45) is 1.89. The first-order valence-electron chi connectivity index (χ1n) is 6.12. The molecule has 8 heteroatoms. The van der Waals surface area contributed by atoms with Gasteiger partial charge >= 0.3 is 5.97 Å². The van der Waals surface area contributed by atoms with Gasteiger partial charge in [-0.2, -0.15) is 0 Å². The largest absolute Gasteiger partial charge is 0.480 e. The van der Waals surface area contributed by atoms with Gasteiger partial charge in [-0.15, -0.1) is 5.10 Å². The summed E-state index contributed by atoms with van der Waals surface area (Å²) >= 11 is 0. The number of nitrogens with zero attached hydrogens (tertiary/aromatic N) is 3. The van der Waals surface area contributed by atoms with Crippen molar-refractivity contribution in [1.82, 2.24) is 25.6 Å². The highest BCUT2D eigenvalue weighted by atomic mass is 16.4. The van der Waals surface area contributed by atoms with Crippen LogP contribution in [0.25, 0.3) is 0 Å². The molecule has 1 aromatic heterocycles. The van der Waals surface area contributed by atoms with Crippen LogP contribution in [-0.4, -0.2) is 44.6 Å². The Kier molecular flexibility index (Phi) is 5.94. The molecular weight excluding hydrogens is 250 g/mol. The van der Waals surface area contributed by atoms with Crippen LogP contribution in [-0.2, 0) is 22.7 Å². The molecule has 8 nitrogen and oxygen atoms in total. The van der Waals surface area contributed by atoms with Gasteiger partial charge in [0.05, 0.1) is 12.7 Å². The van der Waals surface area contributed by atoms with Crippen LogP contribution in [0.1, 0.15) is 26.0 Å². The Morgan fingerprint density at radius 2 is 2.26 bits per heavy atom. The number of carbonyl (C=O) groups is 2. The number of carboxylic acids is 1. The predicted molar refractivity (Wildman–Crippen MR) is 67.3 cm³/mol. The van der Waals surface area contributed by atoms with Gasteiger partial charge in [0.1, 0.15) is 12.2 Å². The average Bonchev–Trinajstić information content (AvgIpc) is 2.73. The third kappa shape index (κ3) is 5.96. The summed E-state index contributed by atoms with van der Waals surface area (Å²) in [4.78, 5) is 22.0. The predicted octanol–water partition coefficient (Wildman–Crippen LogP) is -0.633. The van der Waals surface area contributed by atoms with Gasteiger partial charge in [0.15, 0.2) is 0 Å². The van der Waals surface area contributed by atoms with Gasteiger partial charge in [0.2, 0.25) is 5.91 Å². The molecule has 0 bridgehead atoms. The van der Waals surface area contributed by atoms with Gasteiger partial charge in [0.25, 0.3) is 0 Å². The molecule has 0 aromatic carbocycles. The SMILES string of the molecule is CCNC(C)CC(=O)NCc1cn(CC(=O)O)nn1. The van der Waals surface area contributed by atoms with E-state index in [4.69, 9.17) is 5.11 Å². The first-order valence-corrected chi connectivity index (χ1v) is 6.12. The normalized spacial score (nSPS) is 12.1. The number of carbonyl (C=O) groups excluding carboxylic acids is 1. The van der Waals surface area contributed by atoms with Crippen LogP contribution >= 0.6 is 0 Å². The maximum absolute atomic E-state index is 11.6. The molecule has 1 amide bonds. The van der Waals surface area contributed by atoms with Crippen molar-refractivity contribution in [3.8, 4) is 0 Å². The van der Waals surface area contributed by atoms with Crippen LogP contribution < -0.4 is 10.6 Å². The summed E-state index contributed by atoms with van der Waals surface area (Å²) in [5, 5.41) is 21.9. The Labute approximate surface area is 111 Å². The number of hydrogen-bond donors (Lipinski definition) is 3. The first-order chi connectivity index (χ1) is 9.01.